The van der Waals surface area contributed by atoms with E-state index >= 15 is 0 Å². The summed E-state index contributed by atoms with van der Waals surface area (Å²) in [6.45, 7) is 7.48. The van der Waals surface area contributed by atoms with Crippen molar-refractivity contribution in [2.45, 2.75) is 77.4 Å². The molecule has 0 saturated heterocycles. The number of unbranched alkanes of at least 4 members (excludes halogenated alkanes) is 4. The fraction of sp³-hybridized carbons (Fsp3) is 0.933. The molecule has 132 valence electrons. The first-order valence-electron chi connectivity index (χ1n) is 8.26. The van der Waals surface area contributed by atoms with Gasteiger partial charge in [0.1, 0.15) is 0 Å². The Kier molecular flexibility index (Phi) is 14.0. The first-order chi connectivity index (χ1) is 10.5. The van der Waals surface area contributed by atoms with Gasteiger partial charge in [0.25, 0.3) is 0 Å². The molecule has 0 aromatic carbocycles. The summed E-state index contributed by atoms with van der Waals surface area (Å²) in [5.41, 5.74) is -2.44. The zero-order valence-electron chi connectivity index (χ0n) is 14.1. The van der Waals surface area contributed by atoms with E-state index in [1.54, 1.807) is 0 Å². The fourth-order valence-corrected chi connectivity index (χ4v) is 7.54. The van der Waals surface area contributed by atoms with Crippen LogP contribution in [-0.4, -0.2) is 29.5 Å². The van der Waals surface area contributed by atoms with Crippen molar-refractivity contribution in [2.24, 2.45) is 0 Å². The van der Waals surface area contributed by atoms with Gasteiger partial charge in [-0.3, -0.25) is 4.79 Å². The minimum absolute atomic E-state index is 0.0410. The van der Waals surface area contributed by atoms with Crippen LogP contribution in [0.4, 0.5) is 0 Å². The topological polar surface area (TPSA) is 55.8 Å². The van der Waals surface area contributed by atoms with E-state index in [0.29, 0.717) is 13.2 Å². The molecule has 1 N–H and O–H groups in total. The molecule has 22 heavy (non-hydrogen) atoms. The number of carboxylic acid groups (broad SMARTS) is 1. The van der Waals surface area contributed by atoms with Crippen LogP contribution in [0.3, 0.4) is 0 Å². The van der Waals surface area contributed by atoms with E-state index in [9.17, 15) is 4.79 Å². The van der Waals surface area contributed by atoms with Crippen molar-refractivity contribution in [3.8, 4) is 0 Å². The lowest BCUT2D eigenvalue weighted by Gasteiger charge is -2.25. The van der Waals surface area contributed by atoms with Crippen molar-refractivity contribution in [2.75, 3.05) is 13.2 Å². The lowest BCUT2D eigenvalue weighted by Crippen LogP contribution is -2.10. The summed E-state index contributed by atoms with van der Waals surface area (Å²) in [6, 6.07) is 0. The van der Waals surface area contributed by atoms with Gasteiger partial charge in [0.2, 0.25) is 5.69 Å². The number of hydrogen-bond donors (Lipinski definition) is 1. The summed E-state index contributed by atoms with van der Waals surface area (Å²) in [5, 5.41) is 8.95. The molecule has 7 heteroatoms. The molecule has 0 aliphatic carbocycles. The van der Waals surface area contributed by atoms with E-state index in [4.69, 9.17) is 26.0 Å². The number of hydrogen-bond acceptors (Lipinski definition) is 5. The molecule has 0 bridgehead atoms. The highest BCUT2D eigenvalue weighted by Crippen LogP contribution is 2.63. The molecular formula is C15H31O4PS2. The Morgan fingerprint density at radius 2 is 1.59 bits per heavy atom. The molecule has 0 aromatic heterocycles. The third-order valence-electron chi connectivity index (χ3n) is 3.13. The van der Waals surface area contributed by atoms with Gasteiger partial charge >= 0.3 is 5.97 Å². The SMILES string of the molecule is CCCCCOP(=S)(OCCCCC)SC(CC)CC(=O)O. The zero-order valence-corrected chi connectivity index (χ0v) is 16.6. The summed E-state index contributed by atoms with van der Waals surface area (Å²) in [7, 11) is 0. The first-order valence-corrected chi connectivity index (χ1v) is 12.4. The van der Waals surface area contributed by atoms with Gasteiger partial charge in [-0.2, -0.15) is 0 Å². The van der Waals surface area contributed by atoms with Crippen LogP contribution in [0.5, 0.6) is 0 Å². The maximum atomic E-state index is 10.9. The van der Waals surface area contributed by atoms with E-state index in [-0.39, 0.29) is 11.7 Å². The number of carboxylic acids is 1. The molecule has 0 aliphatic heterocycles. The molecule has 0 saturated carbocycles. The maximum absolute atomic E-state index is 10.9. The molecule has 0 rings (SSSR count). The van der Waals surface area contributed by atoms with Crippen LogP contribution in [0, 0.1) is 0 Å². The van der Waals surface area contributed by atoms with Crippen molar-refractivity contribution in [3.63, 3.8) is 0 Å². The van der Waals surface area contributed by atoms with Crippen molar-refractivity contribution in [1.82, 2.24) is 0 Å². The monoisotopic (exact) mass is 370 g/mol. The van der Waals surface area contributed by atoms with Crippen molar-refractivity contribution in [1.29, 1.82) is 0 Å². The predicted octanol–water partition coefficient (Wildman–Crippen LogP) is 5.61. The summed E-state index contributed by atoms with van der Waals surface area (Å²) >= 11 is 7.07. The molecule has 0 heterocycles. The first kappa shape index (κ1) is 22.4. The normalized spacial score (nSPS) is 13.2. The van der Waals surface area contributed by atoms with Gasteiger partial charge in [-0.15, -0.1) is 0 Å². The Morgan fingerprint density at radius 3 is 1.95 bits per heavy atom. The summed E-state index contributed by atoms with van der Waals surface area (Å²) in [6.07, 6.45) is 7.31. The van der Waals surface area contributed by atoms with Crippen LogP contribution in [0.1, 0.15) is 72.1 Å². The van der Waals surface area contributed by atoms with E-state index in [1.165, 1.54) is 11.4 Å². The average molecular weight is 371 g/mol. The second kappa shape index (κ2) is 13.8. The van der Waals surface area contributed by atoms with E-state index in [1.807, 2.05) is 6.92 Å². The predicted molar refractivity (Wildman–Crippen MR) is 99.2 cm³/mol. The van der Waals surface area contributed by atoms with Gasteiger partial charge in [-0.25, -0.2) is 0 Å². The van der Waals surface area contributed by atoms with Crippen LogP contribution in [0.25, 0.3) is 0 Å². The smallest absolute Gasteiger partial charge is 0.304 e. The van der Waals surface area contributed by atoms with Gasteiger partial charge in [-0.1, -0.05) is 57.8 Å². The lowest BCUT2D eigenvalue weighted by molar-refractivity contribution is -0.136. The Morgan fingerprint density at radius 1 is 1.09 bits per heavy atom. The molecule has 0 aliphatic rings. The molecule has 0 fully saturated rings. The van der Waals surface area contributed by atoms with Gasteiger partial charge in [0.05, 0.1) is 19.6 Å². The van der Waals surface area contributed by atoms with Crippen molar-refractivity contribution >= 4 is 34.9 Å². The van der Waals surface area contributed by atoms with E-state index < -0.39 is 11.7 Å². The molecule has 1 unspecified atom stereocenters. The molecule has 0 radical (unpaired) electrons. The molecule has 1 atom stereocenters. The minimum atomic E-state index is -2.44. The summed E-state index contributed by atoms with van der Waals surface area (Å²) < 4.78 is 11.8. The Labute approximate surface area is 144 Å². The third kappa shape index (κ3) is 11.9. The Hall–Kier alpha value is 0.390. The quantitative estimate of drug-likeness (QED) is 0.299. The zero-order chi connectivity index (χ0) is 16.8. The van der Waals surface area contributed by atoms with Crippen molar-refractivity contribution < 1.29 is 18.9 Å². The highest BCUT2D eigenvalue weighted by atomic mass is 32.9. The molecule has 0 aromatic rings. The molecule has 4 nitrogen and oxygen atoms in total. The Bertz CT molecular complexity index is 324. The van der Waals surface area contributed by atoms with Crippen LogP contribution in [-0.2, 0) is 25.6 Å². The second-order valence-corrected chi connectivity index (χ2v) is 11.8. The standard InChI is InChI=1S/C15H31O4PS2/c1-4-7-9-11-18-20(21,19-12-10-8-5-2)22-14(6-3)13-15(16)17/h14H,4-13H2,1-3H3,(H,16,17). The largest absolute Gasteiger partial charge is 0.481 e. The maximum Gasteiger partial charge on any atom is 0.304 e. The number of carbonyl (C=O) groups is 1. The van der Waals surface area contributed by atoms with Crippen LogP contribution < -0.4 is 0 Å². The van der Waals surface area contributed by atoms with Crippen LogP contribution in [0.2, 0.25) is 0 Å². The highest BCUT2D eigenvalue weighted by Gasteiger charge is 2.26. The second-order valence-electron chi connectivity index (χ2n) is 5.26. The van der Waals surface area contributed by atoms with Gasteiger partial charge < -0.3 is 14.2 Å². The van der Waals surface area contributed by atoms with Gasteiger partial charge in [0.15, 0.2) is 0 Å². The highest BCUT2D eigenvalue weighted by molar-refractivity contribution is 8.68. The van der Waals surface area contributed by atoms with E-state index in [2.05, 4.69) is 13.8 Å². The average Bonchev–Trinajstić information content (AvgIpc) is 2.47. The molecule has 0 spiro atoms. The van der Waals surface area contributed by atoms with Crippen LogP contribution in [0.15, 0.2) is 0 Å². The molecule has 0 amide bonds. The van der Waals surface area contributed by atoms with Crippen molar-refractivity contribution in [3.05, 3.63) is 0 Å². The van der Waals surface area contributed by atoms with Gasteiger partial charge in [0, 0.05) is 5.25 Å². The summed E-state index contributed by atoms with van der Waals surface area (Å²) in [4.78, 5) is 10.9. The lowest BCUT2D eigenvalue weighted by atomic mass is 10.2. The Balaban J connectivity index is 4.52. The third-order valence-corrected chi connectivity index (χ3v) is 8.89. The number of aliphatic carboxylic acids is 1. The van der Waals surface area contributed by atoms with Crippen LogP contribution >= 0.6 is 17.1 Å². The summed E-state index contributed by atoms with van der Waals surface area (Å²) in [5.74, 6) is -0.794. The van der Waals surface area contributed by atoms with E-state index in [0.717, 1.165) is 44.9 Å². The van der Waals surface area contributed by atoms with Gasteiger partial charge in [-0.05, 0) is 31.1 Å². The fourth-order valence-electron chi connectivity index (χ4n) is 1.79. The minimum Gasteiger partial charge on any atom is -0.481 e. The molecular weight excluding hydrogens is 339 g/mol. The number of rotatable bonds is 15.